The summed E-state index contributed by atoms with van der Waals surface area (Å²) in [6.07, 6.45) is 0. The first-order valence-electron chi connectivity index (χ1n) is 3.43. The van der Waals surface area contributed by atoms with Crippen LogP contribution in [0.3, 0.4) is 0 Å². The molecule has 3 nitrogen and oxygen atoms in total. The average molecular weight is 229 g/mol. The van der Waals surface area contributed by atoms with E-state index in [0.717, 1.165) is 0 Å². The Morgan fingerprint density at radius 1 is 1.58 bits per heavy atom. The van der Waals surface area contributed by atoms with Gasteiger partial charge in [0.25, 0.3) is 5.91 Å². The highest BCUT2D eigenvalue weighted by Gasteiger charge is 2.10. The maximum atomic E-state index is 11.2. The highest BCUT2D eigenvalue weighted by molar-refractivity contribution is 9.10. The van der Waals surface area contributed by atoms with Crippen LogP contribution in [0.25, 0.3) is 0 Å². The molecule has 12 heavy (non-hydrogen) atoms. The Balaban J connectivity index is 3.21. The summed E-state index contributed by atoms with van der Waals surface area (Å²) < 4.78 is 0.710. The normalized spacial score (nSPS) is 9.50. The maximum Gasteiger partial charge on any atom is 0.254 e. The lowest BCUT2D eigenvalue weighted by Crippen LogP contribution is -2.19. The van der Waals surface area contributed by atoms with Gasteiger partial charge in [-0.25, -0.2) is 0 Å². The Morgan fingerprint density at radius 3 is 2.75 bits per heavy atom. The number of nitrogens with two attached hydrogens (primary N) is 1. The molecule has 0 radical (unpaired) electrons. The van der Waals surface area contributed by atoms with Crippen LogP contribution >= 0.6 is 15.9 Å². The van der Waals surface area contributed by atoms with Crippen LogP contribution in [-0.4, -0.2) is 13.0 Å². The average Bonchev–Trinajstić information content (AvgIpc) is 2.03. The van der Waals surface area contributed by atoms with E-state index in [2.05, 4.69) is 21.2 Å². The molecule has 0 bridgehead atoms. The molecule has 3 N–H and O–H groups in total. The van der Waals surface area contributed by atoms with Crippen molar-refractivity contribution in [3.05, 3.63) is 28.2 Å². The van der Waals surface area contributed by atoms with Crippen molar-refractivity contribution in [2.45, 2.75) is 0 Å². The summed E-state index contributed by atoms with van der Waals surface area (Å²) in [6.45, 7) is 0. The lowest BCUT2D eigenvalue weighted by Gasteiger charge is -2.05. The number of carbonyl (C=O) groups is 1. The van der Waals surface area contributed by atoms with Crippen molar-refractivity contribution in [2.75, 3.05) is 12.8 Å². The van der Waals surface area contributed by atoms with Crippen molar-refractivity contribution in [3.8, 4) is 0 Å². The van der Waals surface area contributed by atoms with Gasteiger partial charge >= 0.3 is 0 Å². The fourth-order valence-corrected chi connectivity index (χ4v) is 1.47. The molecule has 64 valence electrons. The van der Waals surface area contributed by atoms with Gasteiger partial charge in [-0.2, -0.15) is 0 Å². The third-order valence-corrected chi connectivity index (χ3v) is 2.16. The summed E-state index contributed by atoms with van der Waals surface area (Å²) in [7, 11) is 1.57. The highest BCUT2D eigenvalue weighted by Crippen LogP contribution is 2.21. The number of nitrogens with one attached hydrogen (secondary N) is 1. The number of benzene rings is 1. The summed E-state index contributed by atoms with van der Waals surface area (Å²) in [4.78, 5) is 11.2. The fourth-order valence-electron chi connectivity index (χ4n) is 0.905. The smallest absolute Gasteiger partial charge is 0.254 e. The summed E-state index contributed by atoms with van der Waals surface area (Å²) in [5, 5.41) is 2.51. The molecule has 0 aliphatic rings. The van der Waals surface area contributed by atoms with Gasteiger partial charge in [0, 0.05) is 17.2 Å². The van der Waals surface area contributed by atoms with Crippen LogP contribution in [0.15, 0.2) is 22.7 Å². The first kappa shape index (κ1) is 9.06. The van der Waals surface area contributed by atoms with E-state index in [0.29, 0.717) is 15.7 Å². The number of carbonyl (C=O) groups excluding carboxylic acids is 1. The zero-order valence-electron chi connectivity index (χ0n) is 6.60. The zero-order valence-corrected chi connectivity index (χ0v) is 8.18. The van der Waals surface area contributed by atoms with Crippen LogP contribution in [0.2, 0.25) is 0 Å². The predicted octanol–water partition coefficient (Wildman–Crippen LogP) is 1.39. The topological polar surface area (TPSA) is 55.1 Å². The number of hydrogen-bond donors (Lipinski definition) is 2. The van der Waals surface area contributed by atoms with E-state index in [1.165, 1.54) is 0 Å². The van der Waals surface area contributed by atoms with E-state index >= 15 is 0 Å². The Bertz CT molecular complexity index is 292. The molecule has 1 aromatic rings. The summed E-state index contributed by atoms with van der Waals surface area (Å²) in [6, 6.07) is 5.25. The van der Waals surface area contributed by atoms with Gasteiger partial charge in [-0.1, -0.05) is 6.07 Å². The van der Waals surface area contributed by atoms with Crippen LogP contribution in [0.4, 0.5) is 5.69 Å². The standard InChI is InChI=1S/C8H9BrN2O/c1-11-8(12)7-5(9)3-2-4-6(7)10/h2-4H,10H2,1H3,(H,11,12). The van der Waals surface area contributed by atoms with Crippen LogP contribution in [-0.2, 0) is 0 Å². The van der Waals surface area contributed by atoms with Crippen LogP contribution < -0.4 is 11.1 Å². The quantitative estimate of drug-likeness (QED) is 0.715. The molecule has 0 saturated carbocycles. The second kappa shape index (κ2) is 3.58. The molecule has 0 saturated heterocycles. The molecule has 1 rings (SSSR count). The van der Waals surface area contributed by atoms with Gasteiger partial charge in [-0.3, -0.25) is 4.79 Å². The van der Waals surface area contributed by atoms with E-state index in [-0.39, 0.29) is 5.91 Å². The van der Waals surface area contributed by atoms with Crippen molar-refractivity contribution >= 4 is 27.5 Å². The van der Waals surface area contributed by atoms with Gasteiger partial charge in [-0.15, -0.1) is 0 Å². The molecule has 0 aromatic heterocycles. The van der Waals surface area contributed by atoms with E-state index in [1.807, 2.05) is 0 Å². The fraction of sp³-hybridized carbons (Fsp3) is 0.125. The van der Waals surface area contributed by atoms with Gasteiger partial charge in [0.2, 0.25) is 0 Å². The highest BCUT2D eigenvalue weighted by atomic mass is 79.9. The van der Waals surface area contributed by atoms with E-state index < -0.39 is 0 Å². The monoisotopic (exact) mass is 228 g/mol. The molecule has 0 atom stereocenters. The molecule has 0 heterocycles. The molecule has 1 aromatic carbocycles. The third kappa shape index (κ3) is 1.58. The van der Waals surface area contributed by atoms with Gasteiger partial charge in [0.15, 0.2) is 0 Å². The first-order valence-corrected chi connectivity index (χ1v) is 4.22. The predicted molar refractivity (Wildman–Crippen MR) is 51.9 cm³/mol. The van der Waals surface area contributed by atoms with Crippen molar-refractivity contribution in [1.29, 1.82) is 0 Å². The van der Waals surface area contributed by atoms with Crippen LogP contribution in [0.5, 0.6) is 0 Å². The molecular formula is C8H9BrN2O. The second-order valence-corrected chi connectivity index (χ2v) is 3.14. The van der Waals surface area contributed by atoms with Gasteiger partial charge in [-0.05, 0) is 28.1 Å². The third-order valence-electron chi connectivity index (χ3n) is 1.50. The molecule has 0 aliphatic carbocycles. The lowest BCUT2D eigenvalue weighted by molar-refractivity contribution is 0.0963. The van der Waals surface area contributed by atoms with E-state index in [1.54, 1.807) is 25.2 Å². The minimum Gasteiger partial charge on any atom is -0.398 e. The van der Waals surface area contributed by atoms with Gasteiger partial charge in [0.05, 0.1) is 5.56 Å². The van der Waals surface area contributed by atoms with E-state index in [9.17, 15) is 4.79 Å². The summed E-state index contributed by atoms with van der Waals surface area (Å²) >= 11 is 3.25. The molecular weight excluding hydrogens is 220 g/mol. The Kier molecular flexibility index (Phi) is 2.70. The second-order valence-electron chi connectivity index (χ2n) is 2.28. The lowest BCUT2D eigenvalue weighted by atomic mass is 10.2. The number of amides is 1. The SMILES string of the molecule is CNC(=O)c1c(N)cccc1Br. The molecule has 1 amide bonds. The largest absolute Gasteiger partial charge is 0.398 e. The van der Waals surface area contributed by atoms with Crippen molar-refractivity contribution in [2.24, 2.45) is 0 Å². The maximum absolute atomic E-state index is 11.2. The summed E-state index contributed by atoms with van der Waals surface area (Å²) in [5.41, 5.74) is 6.57. The van der Waals surface area contributed by atoms with Crippen LogP contribution in [0, 0.1) is 0 Å². The Morgan fingerprint density at radius 2 is 2.25 bits per heavy atom. The number of anilines is 1. The Hall–Kier alpha value is -1.03. The van der Waals surface area contributed by atoms with Gasteiger partial charge in [0.1, 0.15) is 0 Å². The molecule has 0 spiro atoms. The molecule has 0 aliphatic heterocycles. The number of nitrogen functional groups attached to an aromatic ring is 1. The van der Waals surface area contributed by atoms with Crippen molar-refractivity contribution in [3.63, 3.8) is 0 Å². The number of halogens is 1. The van der Waals surface area contributed by atoms with Crippen LogP contribution in [0.1, 0.15) is 10.4 Å². The number of rotatable bonds is 1. The first-order chi connectivity index (χ1) is 5.66. The Labute approximate surface area is 79.1 Å². The van der Waals surface area contributed by atoms with Crippen molar-refractivity contribution in [1.82, 2.24) is 5.32 Å². The number of hydrogen-bond acceptors (Lipinski definition) is 2. The molecule has 4 heteroatoms. The van der Waals surface area contributed by atoms with Crippen molar-refractivity contribution < 1.29 is 4.79 Å². The van der Waals surface area contributed by atoms with E-state index in [4.69, 9.17) is 5.73 Å². The zero-order chi connectivity index (χ0) is 9.14. The minimum atomic E-state index is -0.181. The molecule has 0 unspecified atom stereocenters. The van der Waals surface area contributed by atoms with Gasteiger partial charge < -0.3 is 11.1 Å². The molecule has 0 fully saturated rings. The summed E-state index contributed by atoms with van der Waals surface area (Å²) in [5.74, 6) is -0.181. The minimum absolute atomic E-state index is 0.181.